The Balaban J connectivity index is 1.28. The van der Waals surface area contributed by atoms with E-state index < -0.39 is 0 Å². The second-order valence-corrected chi connectivity index (χ2v) is 7.66. The zero-order chi connectivity index (χ0) is 20.2. The third-order valence-electron chi connectivity index (χ3n) is 5.50. The van der Waals surface area contributed by atoms with Crippen LogP contribution in [-0.4, -0.2) is 30.7 Å². The standard InChI is InChI=1S/C23H25N3O3/c27-21(16-4-9-20-17(14-16)15-23(29)25-20)10-11-22(28)24-18-5-7-19(8-6-18)26-12-2-1-3-13-26/h4-9,14H,1-3,10-13,15H2,(H,24,28)(H,25,29). The molecule has 0 radical (unpaired) electrons. The van der Waals surface area contributed by atoms with Crippen LogP contribution >= 0.6 is 0 Å². The number of ketones is 1. The van der Waals surface area contributed by atoms with E-state index in [1.54, 1.807) is 18.2 Å². The highest BCUT2D eigenvalue weighted by Gasteiger charge is 2.19. The monoisotopic (exact) mass is 391 g/mol. The smallest absolute Gasteiger partial charge is 0.228 e. The molecule has 1 saturated heterocycles. The van der Waals surface area contributed by atoms with Crippen molar-refractivity contribution in [3.8, 4) is 0 Å². The molecule has 2 N–H and O–H groups in total. The van der Waals surface area contributed by atoms with Gasteiger partial charge in [0.1, 0.15) is 0 Å². The van der Waals surface area contributed by atoms with Gasteiger partial charge in [0.05, 0.1) is 6.42 Å². The normalized spacial score (nSPS) is 15.6. The molecule has 0 bridgehead atoms. The largest absolute Gasteiger partial charge is 0.372 e. The van der Waals surface area contributed by atoms with E-state index >= 15 is 0 Å². The number of nitrogens with one attached hydrogen (secondary N) is 2. The molecule has 2 aliphatic rings. The van der Waals surface area contributed by atoms with Crippen LogP contribution in [0.5, 0.6) is 0 Å². The molecule has 1 fully saturated rings. The minimum Gasteiger partial charge on any atom is -0.372 e. The van der Waals surface area contributed by atoms with Gasteiger partial charge in [-0.25, -0.2) is 0 Å². The van der Waals surface area contributed by atoms with Crippen LogP contribution in [0.4, 0.5) is 17.1 Å². The van der Waals surface area contributed by atoms with Gasteiger partial charge < -0.3 is 15.5 Å². The van der Waals surface area contributed by atoms with Gasteiger partial charge in [0.25, 0.3) is 0 Å². The number of hydrogen-bond acceptors (Lipinski definition) is 4. The lowest BCUT2D eigenvalue weighted by Gasteiger charge is -2.28. The lowest BCUT2D eigenvalue weighted by molar-refractivity contribution is -0.116. The maximum absolute atomic E-state index is 12.4. The second kappa shape index (κ2) is 8.47. The quantitative estimate of drug-likeness (QED) is 0.735. The van der Waals surface area contributed by atoms with E-state index in [9.17, 15) is 14.4 Å². The van der Waals surface area contributed by atoms with Crippen LogP contribution in [0.15, 0.2) is 42.5 Å². The second-order valence-electron chi connectivity index (χ2n) is 7.66. The number of anilines is 3. The van der Waals surface area contributed by atoms with Crippen LogP contribution in [0, 0.1) is 0 Å². The number of amides is 2. The summed E-state index contributed by atoms with van der Waals surface area (Å²) in [6, 6.07) is 13.1. The molecule has 2 amide bonds. The first kappa shape index (κ1) is 19.2. The summed E-state index contributed by atoms with van der Waals surface area (Å²) in [4.78, 5) is 38.4. The van der Waals surface area contributed by atoms with E-state index in [1.807, 2.05) is 24.3 Å². The Bertz CT molecular complexity index is 931. The topological polar surface area (TPSA) is 78.5 Å². The molecule has 0 spiro atoms. The van der Waals surface area contributed by atoms with Crippen LogP contribution in [0.2, 0.25) is 0 Å². The Hall–Kier alpha value is -3.15. The lowest BCUT2D eigenvalue weighted by Crippen LogP contribution is -2.29. The average Bonchev–Trinajstić information content (AvgIpc) is 3.12. The molecule has 150 valence electrons. The molecule has 2 aromatic carbocycles. The van der Waals surface area contributed by atoms with Gasteiger partial charge in [-0.15, -0.1) is 0 Å². The molecule has 2 aromatic rings. The summed E-state index contributed by atoms with van der Waals surface area (Å²) in [6.07, 6.45) is 4.31. The van der Waals surface area contributed by atoms with Crippen molar-refractivity contribution in [2.45, 2.75) is 38.5 Å². The average molecular weight is 391 g/mol. The van der Waals surface area contributed by atoms with Crippen molar-refractivity contribution >= 4 is 34.7 Å². The number of fused-ring (bicyclic) bond motifs is 1. The van der Waals surface area contributed by atoms with Crippen molar-refractivity contribution in [1.82, 2.24) is 0 Å². The van der Waals surface area contributed by atoms with Crippen LogP contribution in [0.25, 0.3) is 0 Å². The maximum Gasteiger partial charge on any atom is 0.228 e. The summed E-state index contributed by atoms with van der Waals surface area (Å²) < 4.78 is 0. The van der Waals surface area contributed by atoms with Crippen molar-refractivity contribution in [2.24, 2.45) is 0 Å². The molecule has 4 rings (SSSR count). The van der Waals surface area contributed by atoms with E-state index in [2.05, 4.69) is 15.5 Å². The molecule has 29 heavy (non-hydrogen) atoms. The number of Topliss-reactive ketones (excluding diaryl/α,β-unsaturated/α-hetero) is 1. The highest BCUT2D eigenvalue weighted by Crippen LogP contribution is 2.25. The highest BCUT2D eigenvalue weighted by molar-refractivity contribution is 6.03. The Labute approximate surface area is 170 Å². The molecule has 6 heteroatoms. The van der Waals surface area contributed by atoms with Gasteiger partial charge >= 0.3 is 0 Å². The van der Waals surface area contributed by atoms with Crippen molar-refractivity contribution in [3.63, 3.8) is 0 Å². The number of carbonyl (C=O) groups is 3. The SMILES string of the molecule is O=C(CCC(=O)c1ccc2c(c1)CC(=O)N2)Nc1ccc(N2CCCCC2)cc1. The molecule has 2 heterocycles. The predicted molar refractivity (Wildman–Crippen MR) is 113 cm³/mol. The molecule has 0 aromatic heterocycles. The zero-order valence-corrected chi connectivity index (χ0v) is 16.4. The molecule has 0 aliphatic carbocycles. The maximum atomic E-state index is 12.4. The van der Waals surface area contributed by atoms with E-state index in [0.29, 0.717) is 12.0 Å². The minimum absolute atomic E-state index is 0.0599. The molecule has 0 atom stereocenters. The van der Waals surface area contributed by atoms with Crippen molar-refractivity contribution in [2.75, 3.05) is 28.6 Å². The van der Waals surface area contributed by atoms with Crippen molar-refractivity contribution in [1.29, 1.82) is 0 Å². The number of carbonyl (C=O) groups excluding carboxylic acids is 3. The van der Waals surface area contributed by atoms with E-state index in [0.717, 1.165) is 30.0 Å². The summed E-state index contributed by atoms with van der Waals surface area (Å²) in [6.45, 7) is 2.17. The van der Waals surface area contributed by atoms with Crippen molar-refractivity contribution < 1.29 is 14.4 Å². The van der Waals surface area contributed by atoms with Gasteiger partial charge in [-0.05, 0) is 67.3 Å². The number of nitrogens with zero attached hydrogens (tertiary/aromatic N) is 1. The van der Waals surface area contributed by atoms with E-state index in [1.165, 1.54) is 24.9 Å². The fourth-order valence-electron chi connectivity index (χ4n) is 3.91. The van der Waals surface area contributed by atoms with Gasteiger partial charge in [0.2, 0.25) is 11.8 Å². The first-order valence-corrected chi connectivity index (χ1v) is 10.2. The number of hydrogen-bond donors (Lipinski definition) is 2. The fraction of sp³-hybridized carbons (Fsp3) is 0.348. The zero-order valence-electron chi connectivity index (χ0n) is 16.4. The number of piperidine rings is 1. The first-order chi connectivity index (χ1) is 14.1. The minimum atomic E-state index is -0.179. The predicted octanol–water partition coefficient (Wildman–Crippen LogP) is 3.77. The van der Waals surface area contributed by atoms with Crippen LogP contribution in [0.3, 0.4) is 0 Å². The molecule has 0 unspecified atom stereocenters. The Kier molecular flexibility index (Phi) is 5.60. The Morgan fingerprint density at radius 1 is 0.966 bits per heavy atom. The molecular weight excluding hydrogens is 366 g/mol. The third-order valence-corrected chi connectivity index (χ3v) is 5.50. The number of benzene rings is 2. The molecule has 0 saturated carbocycles. The van der Waals surface area contributed by atoms with Gasteiger partial charge in [-0.1, -0.05) is 0 Å². The number of rotatable bonds is 6. The van der Waals surface area contributed by atoms with E-state index in [-0.39, 0.29) is 30.4 Å². The Morgan fingerprint density at radius 2 is 1.72 bits per heavy atom. The van der Waals surface area contributed by atoms with Gasteiger partial charge in [-0.3, -0.25) is 14.4 Å². The van der Waals surface area contributed by atoms with Crippen LogP contribution < -0.4 is 15.5 Å². The first-order valence-electron chi connectivity index (χ1n) is 10.2. The van der Waals surface area contributed by atoms with Crippen LogP contribution in [-0.2, 0) is 16.0 Å². The van der Waals surface area contributed by atoms with Gasteiger partial charge in [0.15, 0.2) is 5.78 Å². The fourth-order valence-corrected chi connectivity index (χ4v) is 3.91. The molecule has 2 aliphatic heterocycles. The molecule has 6 nitrogen and oxygen atoms in total. The van der Waals surface area contributed by atoms with Crippen LogP contribution in [0.1, 0.15) is 48.0 Å². The molecular formula is C23H25N3O3. The summed E-state index contributed by atoms with van der Waals surface area (Å²) >= 11 is 0. The highest BCUT2D eigenvalue weighted by atomic mass is 16.2. The third kappa shape index (κ3) is 4.65. The van der Waals surface area contributed by atoms with E-state index in [4.69, 9.17) is 0 Å². The summed E-state index contributed by atoms with van der Waals surface area (Å²) in [5.74, 6) is -0.333. The van der Waals surface area contributed by atoms with Gasteiger partial charge in [0, 0.05) is 48.6 Å². The Morgan fingerprint density at radius 3 is 2.48 bits per heavy atom. The summed E-state index contributed by atoms with van der Waals surface area (Å²) in [5.41, 5.74) is 4.06. The van der Waals surface area contributed by atoms with Crippen molar-refractivity contribution in [3.05, 3.63) is 53.6 Å². The summed E-state index contributed by atoms with van der Waals surface area (Å²) in [7, 11) is 0. The van der Waals surface area contributed by atoms with Gasteiger partial charge in [-0.2, -0.15) is 0 Å². The lowest BCUT2D eigenvalue weighted by atomic mass is 10.0. The summed E-state index contributed by atoms with van der Waals surface area (Å²) in [5, 5.41) is 5.61.